The fraction of sp³-hybridized carbons (Fsp3) is 0.333. The molecule has 1 unspecified atom stereocenters. The van der Waals surface area contributed by atoms with Gasteiger partial charge in [0, 0.05) is 29.0 Å². The molecule has 2 aromatic carbocycles. The van der Waals surface area contributed by atoms with Crippen molar-refractivity contribution in [2.45, 2.75) is 44.9 Å². The minimum Gasteiger partial charge on any atom is -0.463 e. The molecule has 0 bridgehead atoms. The molecule has 0 aromatic heterocycles. The Morgan fingerprint density at radius 2 is 1.94 bits per heavy atom. The number of esters is 2. The van der Waals surface area contributed by atoms with Crippen molar-refractivity contribution in [1.82, 2.24) is 0 Å². The van der Waals surface area contributed by atoms with Crippen LogP contribution in [0, 0.1) is 10.1 Å². The number of fused-ring (bicyclic) bond motifs is 2. The number of nitrogens with zero attached hydrogens (tertiary/aromatic N) is 2. The maximum atomic E-state index is 12.4. The molecule has 0 saturated heterocycles. The minimum absolute atomic E-state index is 0.0165. The van der Waals surface area contributed by atoms with Crippen LogP contribution in [-0.2, 0) is 24.5 Å². The van der Waals surface area contributed by atoms with Crippen LogP contribution < -0.4 is 9.64 Å². The quantitative estimate of drug-likeness (QED) is 0.240. The van der Waals surface area contributed by atoms with Gasteiger partial charge in [-0.05, 0) is 57.5 Å². The van der Waals surface area contributed by atoms with Gasteiger partial charge >= 0.3 is 11.9 Å². The van der Waals surface area contributed by atoms with Crippen molar-refractivity contribution < 1.29 is 28.7 Å². The lowest BCUT2D eigenvalue weighted by Crippen LogP contribution is -2.60. The van der Waals surface area contributed by atoms with Gasteiger partial charge in [0.2, 0.25) is 5.72 Å². The second-order valence-electron chi connectivity index (χ2n) is 9.40. The molecule has 2 aliphatic heterocycles. The van der Waals surface area contributed by atoms with E-state index in [-0.39, 0.29) is 17.9 Å². The molecule has 0 fully saturated rings. The zero-order chi connectivity index (χ0) is 26.3. The third-order valence-corrected chi connectivity index (χ3v) is 6.65. The monoisotopic (exact) mass is 492 g/mol. The molecule has 0 amide bonds. The lowest BCUT2D eigenvalue weighted by Gasteiger charge is -2.47. The molecule has 4 rings (SSSR count). The minimum atomic E-state index is -1.07. The molecule has 0 aliphatic carbocycles. The smallest absolute Gasteiger partial charge is 0.347 e. The van der Waals surface area contributed by atoms with Crippen LogP contribution in [0.25, 0.3) is 6.08 Å². The Morgan fingerprint density at radius 1 is 1.22 bits per heavy atom. The maximum Gasteiger partial charge on any atom is 0.347 e. The summed E-state index contributed by atoms with van der Waals surface area (Å²) in [5, 5.41) is 11.2. The number of benzene rings is 2. The van der Waals surface area contributed by atoms with Crippen molar-refractivity contribution in [3.05, 3.63) is 81.9 Å². The third kappa shape index (κ3) is 4.10. The number of nitro benzene ring substituents is 1. The highest BCUT2D eigenvalue weighted by atomic mass is 16.6. The largest absolute Gasteiger partial charge is 0.463 e. The predicted octanol–water partition coefficient (Wildman–Crippen LogP) is 4.55. The van der Waals surface area contributed by atoms with Gasteiger partial charge in [-0.25, -0.2) is 9.59 Å². The number of carbonyl (C=O) groups excluding carboxylic acids is 2. The molecule has 188 valence electrons. The summed E-state index contributed by atoms with van der Waals surface area (Å²) in [5.41, 5.74) is 1.28. The molecule has 36 heavy (non-hydrogen) atoms. The summed E-state index contributed by atoms with van der Waals surface area (Å²) in [7, 11) is 0. The van der Waals surface area contributed by atoms with Crippen LogP contribution in [0.4, 0.5) is 11.4 Å². The van der Waals surface area contributed by atoms with E-state index in [9.17, 15) is 19.7 Å². The van der Waals surface area contributed by atoms with Crippen LogP contribution in [-0.4, -0.2) is 41.8 Å². The summed E-state index contributed by atoms with van der Waals surface area (Å²) in [6.07, 6.45) is 2.66. The number of rotatable bonds is 7. The summed E-state index contributed by atoms with van der Waals surface area (Å²) in [5.74, 6) is -0.803. The van der Waals surface area contributed by atoms with Crippen molar-refractivity contribution in [1.29, 1.82) is 0 Å². The van der Waals surface area contributed by atoms with Crippen LogP contribution in [0.3, 0.4) is 0 Å². The number of nitro groups is 1. The molecule has 2 aliphatic rings. The van der Waals surface area contributed by atoms with Crippen molar-refractivity contribution >= 4 is 29.4 Å². The number of ether oxygens (including phenoxy) is 3. The van der Waals surface area contributed by atoms with Gasteiger partial charge in [-0.2, -0.15) is 0 Å². The van der Waals surface area contributed by atoms with Gasteiger partial charge in [-0.3, -0.25) is 10.1 Å². The first kappa shape index (κ1) is 25.0. The number of carbonyl (C=O) groups is 2. The Labute approximate surface area is 209 Å². The van der Waals surface area contributed by atoms with Gasteiger partial charge in [-0.1, -0.05) is 24.8 Å². The van der Waals surface area contributed by atoms with Gasteiger partial charge in [0.15, 0.2) is 6.10 Å². The fourth-order valence-electron chi connectivity index (χ4n) is 4.66. The Balaban J connectivity index is 1.59. The highest BCUT2D eigenvalue weighted by molar-refractivity contribution is 5.89. The third-order valence-electron chi connectivity index (χ3n) is 6.65. The Kier molecular flexibility index (Phi) is 6.34. The van der Waals surface area contributed by atoms with Crippen LogP contribution in [0.15, 0.2) is 60.7 Å². The normalized spacial score (nSPS) is 19.6. The molecule has 1 spiro atoms. The molecule has 2 aromatic rings. The predicted molar refractivity (Wildman–Crippen MR) is 134 cm³/mol. The molecule has 2 atom stereocenters. The van der Waals surface area contributed by atoms with Crippen molar-refractivity contribution in [3.63, 3.8) is 0 Å². The van der Waals surface area contributed by atoms with Crippen LogP contribution in [0.5, 0.6) is 5.75 Å². The number of para-hydroxylation sites is 1. The van der Waals surface area contributed by atoms with E-state index in [2.05, 4.69) is 20.4 Å². The van der Waals surface area contributed by atoms with Gasteiger partial charge < -0.3 is 19.1 Å². The SMILES string of the molecule is C=C(C)C(=O)O[C@@H](C)C(=O)OCCN1c2ccccc2C(C)(C)C12C=Cc1cc([N+](=O)[O-])ccc1O2. The standard InChI is InChI=1S/C27H28N2O7/c1-17(2)24(30)35-18(3)25(31)34-15-14-28-22-9-7-6-8-21(22)26(4,5)27(28)13-12-19-16-20(29(32)33)10-11-23(19)36-27/h6-13,16,18H,1,14-15H2,2-5H3/t18-,27?/m0/s1. The zero-order valence-electron chi connectivity index (χ0n) is 20.6. The zero-order valence-corrected chi connectivity index (χ0v) is 20.6. The number of non-ortho nitro benzene ring substituents is 1. The van der Waals surface area contributed by atoms with Gasteiger partial charge in [0.25, 0.3) is 5.69 Å². The van der Waals surface area contributed by atoms with Gasteiger partial charge in [-0.15, -0.1) is 0 Å². The lowest BCUT2D eigenvalue weighted by molar-refractivity contribution is -0.384. The van der Waals surface area contributed by atoms with E-state index in [4.69, 9.17) is 14.2 Å². The fourth-order valence-corrected chi connectivity index (χ4v) is 4.66. The van der Waals surface area contributed by atoms with E-state index in [0.717, 1.165) is 11.3 Å². The van der Waals surface area contributed by atoms with E-state index in [1.807, 2.05) is 41.3 Å². The van der Waals surface area contributed by atoms with Gasteiger partial charge in [0.1, 0.15) is 12.4 Å². The molecule has 9 heteroatoms. The number of anilines is 1. The first-order valence-electron chi connectivity index (χ1n) is 11.5. The molecule has 9 nitrogen and oxygen atoms in total. The van der Waals surface area contributed by atoms with E-state index >= 15 is 0 Å². The van der Waals surface area contributed by atoms with Gasteiger partial charge in [0.05, 0.1) is 16.9 Å². The lowest BCUT2D eigenvalue weighted by atomic mass is 9.76. The number of hydrogen-bond acceptors (Lipinski definition) is 8. The molecule has 2 heterocycles. The second-order valence-corrected chi connectivity index (χ2v) is 9.40. The van der Waals surface area contributed by atoms with Crippen molar-refractivity contribution in [3.8, 4) is 5.75 Å². The second kappa shape index (κ2) is 9.14. The van der Waals surface area contributed by atoms with E-state index in [1.54, 1.807) is 6.07 Å². The Hall–Kier alpha value is -4.14. The average Bonchev–Trinajstić information content (AvgIpc) is 3.02. The average molecular weight is 493 g/mol. The molecule has 0 saturated carbocycles. The summed E-state index contributed by atoms with van der Waals surface area (Å²) in [6.45, 7) is 10.9. The summed E-state index contributed by atoms with van der Waals surface area (Å²) in [4.78, 5) is 36.9. The van der Waals surface area contributed by atoms with Crippen molar-refractivity contribution in [2.75, 3.05) is 18.1 Å². The molecule has 0 N–H and O–H groups in total. The molecule has 0 radical (unpaired) electrons. The Bertz CT molecular complexity index is 1280. The first-order chi connectivity index (χ1) is 17.0. The molecular weight excluding hydrogens is 464 g/mol. The molecular formula is C27H28N2O7. The Morgan fingerprint density at radius 3 is 2.64 bits per heavy atom. The van der Waals surface area contributed by atoms with E-state index in [0.29, 0.717) is 17.9 Å². The van der Waals surface area contributed by atoms with E-state index in [1.165, 1.54) is 26.0 Å². The summed E-state index contributed by atoms with van der Waals surface area (Å²) >= 11 is 0. The number of hydrogen-bond donors (Lipinski definition) is 0. The summed E-state index contributed by atoms with van der Waals surface area (Å²) in [6, 6.07) is 12.4. The highest BCUT2D eigenvalue weighted by Gasteiger charge is 2.58. The van der Waals surface area contributed by atoms with Crippen LogP contribution in [0.1, 0.15) is 38.8 Å². The topological polar surface area (TPSA) is 108 Å². The maximum absolute atomic E-state index is 12.4. The van der Waals surface area contributed by atoms with E-state index < -0.39 is 34.1 Å². The van der Waals surface area contributed by atoms with Crippen molar-refractivity contribution in [2.24, 2.45) is 0 Å². The first-order valence-corrected chi connectivity index (χ1v) is 11.5. The van der Waals surface area contributed by atoms with Crippen LogP contribution in [0.2, 0.25) is 0 Å². The highest BCUT2D eigenvalue weighted by Crippen LogP contribution is 2.54. The van der Waals surface area contributed by atoms with Crippen LogP contribution >= 0.6 is 0 Å². The summed E-state index contributed by atoms with van der Waals surface area (Å²) < 4.78 is 17.1.